The summed E-state index contributed by atoms with van der Waals surface area (Å²) >= 11 is 0. The van der Waals surface area contributed by atoms with Crippen LogP contribution in [0.1, 0.15) is 35.7 Å². The van der Waals surface area contributed by atoms with Crippen molar-refractivity contribution in [1.29, 1.82) is 0 Å². The SMILES string of the molecule is CCN(Cc1ccc(C(=O)N(C)C)cc1)C(=O)CCCOc1ccc(S(C)(=O)=O)cc1. The first-order valence-electron chi connectivity index (χ1n) is 10.1. The van der Waals surface area contributed by atoms with Crippen LogP contribution in [0.2, 0.25) is 0 Å². The van der Waals surface area contributed by atoms with Crippen molar-refractivity contribution in [2.45, 2.75) is 31.2 Å². The van der Waals surface area contributed by atoms with Crippen molar-refractivity contribution in [3.63, 3.8) is 0 Å². The molecule has 0 aliphatic carbocycles. The second-order valence-corrected chi connectivity index (χ2v) is 9.52. The summed E-state index contributed by atoms with van der Waals surface area (Å²) in [5.41, 5.74) is 1.58. The number of amides is 2. The number of rotatable bonds is 10. The normalized spacial score (nSPS) is 11.1. The van der Waals surface area contributed by atoms with Crippen LogP contribution in [0.5, 0.6) is 5.75 Å². The molecular weight excluding hydrogens is 416 g/mol. The third-order valence-electron chi connectivity index (χ3n) is 4.77. The van der Waals surface area contributed by atoms with Crippen molar-refractivity contribution in [3.05, 3.63) is 59.7 Å². The van der Waals surface area contributed by atoms with Gasteiger partial charge in [-0.3, -0.25) is 9.59 Å². The molecule has 0 spiro atoms. The number of sulfone groups is 1. The van der Waals surface area contributed by atoms with Gasteiger partial charge in [-0.25, -0.2) is 8.42 Å². The summed E-state index contributed by atoms with van der Waals surface area (Å²) in [5.74, 6) is 0.549. The third-order valence-corrected chi connectivity index (χ3v) is 5.90. The van der Waals surface area contributed by atoms with E-state index in [0.29, 0.717) is 43.9 Å². The quantitative estimate of drug-likeness (QED) is 0.524. The van der Waals surface area contributed by atoms with E-state index >= 15 is 0 Å². The van der Waals surface area contributed by atoms with Crippen molar-refractivity contribution in [1.82, 2.24) is 9.80 Å². The lowest BCUT2D eigenvalue weighted by molar-refractivity contribution is -0.131. The molecule has 8 heteroatoms. The molecule has 2 aromatic carbocycles. The molecule has 2 aromatic rings. The van der Waals surface area contributed by atoms with E-state index in [1.54, 1.807) is 43.3 Å². The fourth-order valence-electron chi connectivity index (χ4n) is 2.96. The average molecular weight is 447 g/mol. The highest BCUT2D eigenvalue weighted by Crippen LogP contribution is 2.16. The van der Waals surface area contributed by atoms with Crippen molar-refractivity contribution < 1.29 is 22.7 Å². The Morgan fingerprint density at radius 3 is 2.10 bits per heavy atom. The Bertz CT molecular complexity index is 984. The smallest absolute Gasteiger partial charge is 0.253 e. The molecule has 2 rings (SSSR count). The fraction of sp³-hybridized carbons (Fsp3) is 0.391. The topological polar surface area (TPSA) is 84.0 Å². The first-order valence-corrected chi connectivity index (χ1v) is 12.0. The summed E-state index contributed by atoms with van der Waals surface area (Å²) in [6, 6.07) is 13.5. The minimum atomic E-state index is -3.23. The molecule has 0 bridgehead atoms. The standard InChI is InChI=1S/C23H30N2O5S/c1-5-25(17-18-8-10-19(11-9-18)23(27)24(2)3)22(26)7-6-16-30-20-12-14-21(15-13-20)31(4,28)29/h8-15H,5-7,16-17H2,1-4H3. The van der Waals surface area contributed by atoms with Gasteiger partial charge in [0.2, 0.25) is 5.91 Å². The summed E-state index contributed by atoms with van der Waals surface area (Å²) in [6.45, 7) is 3.37. The Morgan fingerprint density at radius 1 is 0.968 bits per heavy atom. The minimum absolute atomic E-state index is 0.0342. The fourth-order valence-corrected chi connectivity index (χ4v) is 3.59. The van der Waals surface area contributed by atoms with Gasteiger partial charge in [-0.1, -0.05) is 12.1 Å². The molecule has 2 amide bonds. The van der Waals surface area contributed by atoms with Crippen molar-refractivity contribution in [2.75, 3.05) is 33.5 Å². The van der Waals surface area contributed by atoms with Gasteiger partial charge in [0, 0.05) is 45.4 Å². The van der Waals surface area contributed by atoms with Crippen LogP contribution < -0.4 is 4.74 Å². The van der Waals surface area contributed by atoms with Gasteiger partial charge >= 0.3 is 0 Å². The Kier molecular flexibility index (Phi) is 8.62. The molecular formula is C23H30N2O5S. The van der Waals surface area contributed by atoms with Crippen molar-refractivity contribution in [2.24, 2.45) is 0 Å². The number of hydrogen-bond donors (Lipinski definition) is 0. The van der Waals surface area contributed by atoms with Gasteiger partial charge < -0.3 is 14.5 Å². The van der Waals surface area contributed by atoms with Crippen LogP contribution in [0.15, 0.2) is 53.4 Å². The number of carbonyl (C=O) groups is 2. The van der Waals surface area contributed by atoms with Gasteiger partial charge in [0.1, 0.15) is 5.75 Å². The molecule has 0 saturated heterocycles. The molecule has 0 unspecified atom stereocenters. The number of nitrogens with zero attached hydrogens (tertiary/aromatic N) is 2. The Morgan fingerprint density at radius 2 is 1.58 bits per heavy atom. The first-order chi connectivity index (χ1) is 14.6. The first kappa shape index (κ1) is 24.4. The molecule has 0 fully saturated rings. The van der Waals surface area contributed by atoms with Crippen LogP contribution in [-0.2, 0) is 21.2 Å². The van der Waals surface area contributed by atoms with Crippen LogP contribution >= 0.6 is 0 Å². The molecule has 0 saturated carbocycles. The lowest BCUT2D eigenvalue weighted by Crippen LogP contribution is -2.30. The Balaban J connectivity index is 1.81. The second kappa shape index (κ2) is 10.9. The predicted molar refractivity (Wildman–Crippen MR) is 120 cm³/mol. The highest BCUT2D eigenvalue weighted by atomic mass is 32.2. The predicted octanol–water partition coefficient (Wildman–Crippen LogP) is 3.00. The zero-order valence-electron chi connectivity index (χ0n) is 18.5. The zero-order valence-corrected chi connectivity index (χ0v) is 19.3. The van der Waals surface area contributed by atoms with Gasteiger partial charge in [0.05, 0.1) is 11.5 Å². The second-order valence-electron chi connectivity index (χ2n) is 7.50. The van der Waals surface area contributed by atoms with Crippen LogP contribution in [0.3, 0.4) is 0 Å². The van der Waals surface area contributed by atoms with E-state index in [1.165, 1.54) is 17.0 Å². The van der Waals surface area contributed by atoms with Crippen LogP contribution in [-0.4, -0.2) is 63.5 Å². The van der Waals surface area contributed by atoms with E-state index in [-0.39, 0.29) is 16.7 Å². The average Bonchev–Trinajstić information content (AvgIpc) is 2.74. The lowest BCUT2D eigenvalue weighted by Gasteiger charge is -2.21. The molecule has 0 heterocycles. The van der Waals surface area contributed by atoms with E-state index in [4.69, 9.17) is 4.74 Å². The molecule has 0 radical (unpaired) electrons. The number of benzene rings is 2. The van der Waals surface area contributed by atoms with Gasteiger partial charge in [0.25, 0.3) is 5.91 Å². The van der Waals surface area contributed by atoms with Crippen LogP contribution in [0.25, 0.3) is 0 Å². The lowest BCUT2D eigenvalue weighted by atomic mass is 10.1. The summed E-state index contributed by atoms with van der Waals surface area (Å²) in [4.78, 5) is 28.1. The number of carbonyl (C=O) groups excluding carboxylic acids is 2. The Hall–Kier alpha value is -2.87. The van der Waals surface area contributed by atoms with Gasteiger partial charge in [-0.2, -0.15) is 0 Å². The van der Waals surface area contributed by atoms with Crippen LogP contribution in [0.4, 0.5) is 0 Å². The molecule has 0 aliphatic rings. The number of ether oxygens (including phenoxy) is 1. The number of hydrogen-bond acceptors (Lipinski definition) is 5. The molecule has 0 aromatic heterocycles. The van der Waals surface area contributed by atoms with Crippen LogP contribution in [0, 0.1) is 0 Å². The summed E-state index contributed by atoms with van der Waals surface area (Å²) in [6.07, 6.45) is 2.07. The monoisotopic (exact) mass is 446 g/mol. The Labute approximate surface area is 184 Å². The van der Waals surface area contributed by atoms with E-state index in [0.717, 1.165) is 11.8 Å². The highest BCUT2D eigenvalue weighted by Gasteiger charge is 2.13. The highest BCUT2D eigenvalue weighted by molar-refractivity contribution is 7.90. The summed E-state index contributed by atoms with van der Waals surface area (Å²) in [7, 11) is 0.191. The third kappa shape index (κ3) is 7.40. The maximum absolute atomic E-state index is 12.6. The summed E-state index contributed by atoms with van der Waals surface area (Å²) < 4.78 is 28.6. The van der Waals surface area contributed by atoms with Crippen molar-refractivity contribution in [3.8, 4) is 5.75 Å². The van der Waals surface area contributed by atoms with Gasteiger partial charge in [0.15, 0.2) is 9.84 Å². The molecule has 7 nitrogen and oxygen atoms in total. The maximum atomic E-state index is 12.6. The minimum Gasteiger partial charge on any atom is -0.494 e. The largest absolute Gasteiger partial charge is 0.494 e. The van der Waals surface area contributed by atoms with Gasteiger partial charge in [-0.15, -0.1) is 0 Å². The maximum Gasteiger partial charge on any atom is 0.253 e. The van der Waals surface area contributed by atoms with E-state index < -0.39 is 9.84 Å². The van der Waals surface area contributed by atoms with Gasteiger partial charge in [-0.05, 0) is 55.3 Å². The van der Waals surface area contributed by atoms with Crippen molar-refractivity contribution >= 4 is 21.7 Å². The molecule has 0 atom stereocenters. The summed E-state index contributed by atoms with van der Waals surface area (Å²) in [5, 5.41) is 0. The molecule has 0 N–H and O–H groups in total. The zero-order chi connectivity index (χ0) is 23.0. The molecule has 168 valence electrons. The van der Waals surface area contributed by atoms with E-state index in [9.17, 15) is 18.0 Å². The molecule has 31 heavy (non-hydrogen) atoms. The molecule has 0 aliphatic heterocycles. The van der Waals surface area contributed by atoms with E-state index in [1.807, 2.05) is 19.1 Å². The van der Waals surface area contributed by atoms with E-state index in [2.05, 4.69) is 0 Å².